The minimum atomic E-state index is -0.156. The van der Waals surface area contributed by atoms with Gasteiger partial charge in [-0.15, -0.1) is 0 Å². The minimum absolute atomic E-state index is 0.0212. The molecule has 0 bridgehead atoms. The number of piperidine rings is 1. The Morgan fingerprint density at radius 2 is 1.74 bits per heavy atom. The first-order chi connectivity index (χ1) is 16.5. The van der Waals surface area contributed by atoms with E-state index in [1.165, 1.54) is 18.4 Å². The van der Waals surface area contributed by atoms with Gasteiger partial charge in [-0.25, -0.2) is 0 Å². The van der Waals surface area contributed by atoms with E-state index >= 15 is 0 Å². The molecule has 3 aliphatic heterocycles. The number of hydrogen-bond donors (Lipinski definition) is 0. The van der Waals surface area contributed by atoms with Crippen LogP contribution in [0.4, 0.5) is 5.69 Å². The lowest BCUT2D eigenvalue weighted by molar-refractivity contribution is -0.136. The Bertz CT molecular complexity index is 1050. The number of likely N-dealkylation sites (tertiary alicyclic amines) is 2. The van der Waals surface area contributed by atoms with Gasteiger partial charge in [0.1, 0.15) is 12.3 Å². The molecule has 0 N–H and O–H groups in total. The van der Waals surface area contributed by atoms with E-state index in [1.807, 2.05) is 26.0 Å². The fraction of sp³-hybridized carbons (Fsp3) is 0.500. The summed E-state index contributed by atoms with van der Waals surface area (Å²) in [6, 6.07) is 14.7. The topological polar surface area (TPSA) is 53.1 Å². The van der Waals surface area contributed by atoms with Crippen LogP contribution in [0.2, 0.25) is 0 Å². The normalized spacial score (nSPS) is 23.1. The largest absolute Gasteiger partial charge is 0.482 e. The number of carbonyl (C=O) groups is 2. The third-order valence-corrected chi connectivity index (χ3v) is 7.78. The van der Waals surface area contributed by atoms with Gasteiger partial charge in [0.05, 0.1) is 11.7 Å². The third kappa shape index (κ3) is 4.56. The van der Waals surface area contributed by atoms with Crippen molar-refractivity contribution in [2.45, 2.75) is 51.5 Å². The molecule has 180 valence electrons. The van der Waals surface area contributed by atoms with Crippen LogP contribution < -0.4 is 9.64 Å². The van der Waals surface area contributed by atoms with Gasteiger partial charge in [0.25, 0.3) is 5.91 Å². The molecule has 34 heavy (non-hydrogen) atoms. The molecule has 2 aromatic rings. The molecule has 2 aromatic carbocycles. The first kappa shape index (κ1) is 22.9. The zero-order valence-electron chi connectivity index (χ0n) is 20.3. The highest BCUT2D eigenvalue weighted by atomic mass is 16.5. The highest BCUT2D eigenvalue weighted by Crippen LogP contribution is 2.36. The smallest absolute Gasteiger partial charge is 0.265 e. The molecule has 2 saturated heterocycles. The third-order valence-electron chi connectivity index (χ3n) is 7.78. The first-order valence-electron chi connectivity index (χ1n) is 12.6. The summed E-state index contributed by atoms with van der Waals surface area (Å²) in [5.74, 6) is 0.878. The summed E-state index contributed by atoms with van der Waals surface area (Å²) in [4.78, 5) is 32.9. The van der Waals surface area contributed by atoms with Crippen LogP contribution >= 0.6 is 0 Å². The Morgan fingerprint density at radius 1 is 1.00 bits per heavy atom. The lowest BCUT2D eigenvalue weighted by Crippen LogP contribution is -2.55. The first-order valence-corrected chi connectivity index (χ1v) is 12.6. The van der Waals surface area contributed by atoms with Crippen LogP contribution in [0, 0.1) is 13.8 Å². The van der Waals surface area contributed by atoms with Gasteiger partial charge in [-0.3, -0.25) is 14.5 Å². The molecule has 6 heteroatoms. The molecule has 0 unspecified atom stereocenters. The van der Waals surface area contributed by atoms with E-state index in [-0.39, 0.29) is 31.0 Å². The highest BCUT2D eigenvalue weighted by Gasteiger charge is 2.38. The van der Waals surface area contributed by atoms with Crippen LogP contribution in [-0.2, 0) is 9.59 Å². The van der Waals surface area contributed by atoms with E-state index in [0.29, 0.717) is 17.4 Å². The van der Waals surface area contributed by atoms with E-state index < -0.39 is 0 Å². The zero-order chi connectivity index (χ0) is 23.7. The Labute approximate surface area is 202 Å². The molecule has 6 nitrogen and oxygen atoms in total. The maximum absolute atomic E-state index is 13.8. The van der Waals surface area contributed by atoms with Crippen LogP contribution in [0.5, 0.6) is 5.75 Å². The van der Waals surface area contributed by atoms with E-state index in [9.17, 15) is 9.59 Å². The van der Waals surface area contributed by atoms with Gasteiger partial charge >= 0.3 is 0 Å². The minimum Gasteiger partial charge on any atom is -0.482 e. The van der Waals surface area contributed by atoms with Gasteiger partial charge in [0.2, 0.25) is 5.91 Å². The summed E-state index contributed by atoms with van der Waals surface area (Å²) in [5.41, 5.74) is 4.22. The Hall–Kier alpha value is -2.86. The van der Waals surface area contributed by atoms with Crippen LogP contribution in [0.25, 0.3) is 0 Å². The molecule has 0 aliphatic carbocycles. The van der Waals surface area contributed by atoms with Crippen molar-refractivity contribution >= 4 is 17.5 Å². The van der Waals surface area contributed by atoms with Gasteiger partial charge in [0, 0.05) is 19.0 Å². The van der Waals surface area contributed by atoms with Crippen molar-refractivity contribution in [3.63, 3.8) is 0 Å². The van der Waals surface area contributed by atoms with Gasteiger partial charge in [0.15, 0.2) is 6.61 Å². The molecule has 3 aliphatic rings. The molecule has 0 aromatic heterocycles. The second kappa shape index (κ2) is 9.79. The quantitative estimate of drug-likeness (QED) is 0.678. The molecular formula is C28H35N3O3. The summed E-state index contributed by atoms with van der Waals surface area (Å²) in [6.07, 6.45) is 4.53. The number of aryl methyl sites for hydroxylation is 2. The van der Waals surface area contributed by atoms with Crippen molar-refractivity contribution in [1.29, 1.82) is 0 Å². The monoisotopic (exact) mass is 461 g/mol. The Balaban J connectivity index is 1.41. The second-order valence-electron chi connectivity index (χ2n) is 9.99. The summed E-state index contributed by atoms with van der Waals surface area (Å²) in [6.45, 7) is 7.96. The van der Waals surface area contributed by atoms with Crippen LogP contribution in [0.3, 0.4) is 0 Å². The standard InChI is InChI=1S/C28H35N3O3/c1-20-15-24-26(16-21(20)2)34-19-28(33)31(24)18-27(32)30-14-8-11-23(22-9-4-3-5-10-22)25(30)17-29-12-6-7-13-29/h3-5,9-10,15-16,23,25H,6-8,11-14,17-19H2,1-2H3/t23-,25+/m1/s1. The maximum Gasteiger partial charge on any atom is 0.265 e. The molecule has 2 atom stereocenters. The number of fused-ring (bicyclic) bond motifs is 1. The summed E-state index contributed by atoms with van der Waals surface area (Å²) in [5, 5.41) is 0. The van der Waals surface area contributed by atoms with Crippen molar-refractivity contribution < 1.29 is 14.3 Å². The molecular weight excluding hydrogens is 426 g/mol. The van der Waals surface area contributed by atoms with Crippen molar-refractivity contribution in [1.82, 2.24) is 9.80 Å². The van der Waals surface area contributed by atoms with Gasteiger partial charge in [-0.05, 0) is 81.4 Å². The molecule has 2 fully saturated rings. The molecule has 0 spiro atoms. The lowest BCUT2D eigenvalue weighted by atomic mass is 9.83. The molecule has 2 amide bonds. The van der Waals surface area contributed by atoms with Crippen LogP contribution in [0.1, 0.15) is 48.3 Å². The van der Waals surface area contributed by atoms with E-state index in [4.69, 9.17) is 4.74 Å². The van der Waals surface area contributed by atoms with E-state index in [1.54, 1.807) is 4.90 Å². The lowest BCUT2D eigenvalue weighted by Gasteiger charge is -2.44. The average Bonchev–Trinajstić information content (AvgIpc) is 3.36. The van der Waals surface area contributed by atoms with Crippen LogP contribution in [-0.4, -0.2) is 67.0 Å². The fourth-order valence-corrected chi connectivity index (χ4v) is 5.76. The van der Waals surface area contributed by atoms with E-state index in [2.05, 4.69) is 40.1 Å². The number of benzene rings is 2. The molecule has 0 radical (unpaired) electrons. The summed E-state index contributed by atoms with van der Waals surface area (Å²) >= 11 is 0. The van der Waals surface area contributed by atoms with Crippen molar-refractivity contribution in [2.75, 3.05) is 44.2 Å². The average molecular weight is 462 g/mol. The predicted octanol–water partition coefficient (Wildman–Crippen LogP) is 3.90. The number of nitrogens with zero attached hydrogens (tertiary/aromatic N) is 3. The Kier molecular flexibility index (Phi) is 6.59. The number of anilines is 1. The summed E-state index contributed by atoms with van der Waals surface area (Å²) in [7, 11) is 0. The SMILES string of the molecule is Cc1cc2c(cc1C)N(CC(=O)N1CCC[C@H](c3ccccc3)[C@@H]1CN1CCCC1)C(=O)CO2. The summed E-state index contributed by atoms with van der Waals surface area (Å²) < 4.78 is 5.69. The number of amides is 2. The van der Waals surface area contributed by atoms with Crippen molar-refractivity contribution in [3.8, 4) is 5.75 Å². The van der Waals surface area contributed by atoms with Crippen molar-refractivity contribution in [2.24, 2.45) is 0 Å². The fourth-order valence-electron chi connectivity index (χ4n) is 5.76. The second-order valence-corrected chi connectivity index (χ2v) is 9.99. The number of hydrogen-bond acceptors (Lipinski definition) is 4. The number of ether oxygens (including phenoxy) is 1. The van der Waals surface area contributed by atoms with E-state index in [0.717, 1.165) is 50.1 Å². The van der Waals surface area contributed by atoms with Crippen LogP contribution in [0.15, 0.2) is 42.5 Å². The molecule has 0 saturated carbocycles. The Morgan fingerprint density at radius 3 is 2.50 bits per heavy atom. The number of rotatable bonds is 5. The predicted molar refractivity (Wildman–Crippen MR) is 133 cm³/mol. The van der Waals surface area contributed by atoms with Gasteiger partial charge in [-0.1, -0.05) is 30.3 Å². The van der Waals surface area contributed by atoms with Crippen molar-refractivity contribution in [3.05, 3.63) is 59.2 Å². The number of carbonyl (C=O) groups excluding carboxylic acids is 2. The molecule has 5 rings (SSSR count). The van der Waals surface area contributed by atoms with Gasteiger partial charge < -0.3 is 14.5 Å². The van der Waals surface area contributed by atoms with Gasteiger partial charge in [-0.2, -0.15) is 0 Å². The maximum atomic E-state index is 13.8. The highest BCUT2D eigenvalue weighted by molar-refractivity contribution is 6.02. The zero-order valence-corrected chi connectivity index (χ0v) is 20.3. The molecule has 3 heterocycles.